The maximum atomic E-state index is 13.4. The van der Waals surface area contributed by atoms with E-state index in [1.165, 1.54) is 22.4 Å². The molecule has 1 aromatic heterocycles. The van der Waals surface area contributed by atoms with Crippen molar-refractivity contribution in [3.63, 3.8) is 0 Å². The Bertz CT molecular complexity index is 1300. The minimum absolute atomic E-state index is 0.175. The molecule has 1 atom stereocenters. The van der Waals surface area contributed by atoms with Crippen LogP contribution >= 0.6 is 43.5 Å². The molecule has 0 saturated carbocycles. The van der Waals surface area contributed by atoms with Crippen molar-refractivity contribution in [2.45, 2.75) is 50.9 Å². The highest BCUT2D eigenvalue weighted by molar-refractivity contribution is 9.10. The van der Waals surface area contributed by atoms with E-state index in [9.17, 15) is 9.59 Å². The van der Waals surface area contributed by atoms with E-state index in [1.807, 2.05) is 17.2 Å². The number of carbonyl (C=O) groups is 2. The molecule has 2 amide bonds. The number of benzene rings is 1. The van der Waals surface area contributed by atoms with E-state index in [0.717, 1.165) is 91.8 Å². The molecule has 2 aromatic rings. The zero-order chi connectivity index (χ0) is 29.2. The van der Waals surface area contributed by atoms with Crippen LogP contribution in [0.15, 0.2) is 33.3 Å². The maximum absolute atomic E-state index is 13.4. The highest BCUT2D eigenvalue weighted by atomic mass is 79.9. The van der Waals surface area contributed by atoms with Gasteiger partial charge in [-0.1, -0.05) is 27.5 Å². The average molecular weight is 723 g/mol. The fourth-order valence-electron chi connectivity index (χ4n) is 7.33. The minimum atomic E-state index is 0.175. The quantitative estimate of drug-likeness (QED) is 0.397. The van der Waals surface area contributed by atoms with Crippen molar-refractivity contribution in [2.75, 3.05) is 59.0 Å². The van der Waals surface area contributed by atoms with Crippen molar-refractivity contribution in [3.05, 3.63) is 60.7 Å². The number of carbonyl (C=O) groups excluding carboxylic acids is 2. The number of piperidine rings is 2. The minimum Gasteiger partial charge on any atom is -0.379 e. The number of hydrogen-bond donors (Lipinski definition) is 0. The van der Waals surface area contributed by atoms with Crippen LogP contribution in [0.3, 0.4) is 0 Å². The van der Waals surface area contributed by atoms with Gasteiger partial charge in [0.25, 0.3) is 0 Å². The summed E-state index contributed by atoms with van der Waals surface area (Å²) in [5.41, 5.74) is 5.07. The molecule has 42 heavy (non-hydrogen) atoms. The first-order valence-electron chi connectivity index (χ1n) is 15.3. The molecule has 3 saturated heterocycles. The number of aryl methyl sites for hydroxylation is 2. The standard InChI is InChI=1S/C32H39Br2ClN4O3/c33-25-16-24-2-1-23-17-26(35)18-27(34)30(23)31(32(24)36-19-25)22-5-9-38(10-6-22)28(40)15-21-3-7-39(8-4-21)29(41)20-37-11-13-42-14-12-37/h16-19,21-22,31H,1-15,20H2/t31-/m1/s1. The number of aromatic nitrogens is 1. The van der Waals surface area contributed by atoms with Crippen molar-refractivity contribution in [3.8, 4) is 0 Å². The van der Waals surface area contributed by atoms with E-state index in [2.05, 4.69) is 53.8 Å². The van der Waals surface area contributed by atoms with Gasteiger partial charge in [0, 0.05) is 71.8 Å². The first kappa shape index (κ1) is 30.5. The van der Waals surface area contributed by atoms with Gasteiger partial charge in [0.15, 0.2) is 0 Å². The lowest BCUT2D eigenvalue weighted by Gasteiger charge is -2.38. The molecular weight excluding hydrogens is 684 g/mol. The molecule has 6 rings (SSSR count). The number of fused-ring (bicyclic) bond motifs is 2. The predicted octanol–water partition coefficient (Wildman–Crippen LogP) is 5.69. The Morgan fingerprint density at radius 3 is 2.29 bits per heavy atom. The summed E-state index contributed by atoms with van der Waals surface area (Å²) < 4.78 is 7.46. The van der Waals surface area contributed by atoms with Crippen LogP contribution in [0.5, 0.6) is 0 Å². The van der Waals surface area contributed by atoms with Crippen molar-refractivity contribution in [2.24, 2.45) is 11.8 Å². The predicted molar refractivity (Wildman–Crippen MR) is 171 cm³/mol. The second-order valence-electron chi connectivity index (χ2n) is 12.3. The lowest BCUT2D eigenvalue weighted by atomic mass is 9.76. The van der Waals surface area contributed by atoms with Crippen molar-refractivity contribution in [1.29, 1.82) is 0 Å². The van der Waals surface area contributed by atoms with Gasteiger partial charge in [-0.2, -0.15) is 0 Å². The van der Waals surface area contributed by atoms with Crippen LogP contribution in [0.4, 0.5) is 0 Å². The molecule has 226 valence electrons. The molecule has 0 N–H and O–H groups in total. The fourth-order valence-corrected chi connectivity index (χ4v) is 8.82. The van der Waals surface area contributed by atoms with E-state index in [0.29, 0.717) is 38.0 Å². The molecular formula is C32H39Br2ClN4O3. The van der Waals surface area contributed by atoms with Gasteiger partial charge in [-0.15, -0.1) is 0 Å². The van der Waals surface area contributed by atoms with Gasteiger partial charge in [-0.05, 0) is 101 Å². The molecule has 3 fully saturated rings. The van der Waals surface area contributed by atoms with Crippen molar-refractivity contribution in [1.82, 2.24) is 19.7 Å². The lowest BCUT2D eigenvalue weighted by Crippen LogP contribution is -2.47. The summed E-state index contributed by atoms with van der Waals surface area (Å²) in [5, 5.41) is 0.757. The summed E-state index contributed by atoms with van der Waals surface area (Å²) >= 11 is 14.0. The van der Waals surface area contributed by atoms with Gasteiger partial charge >= 0.3 is 0 Å². The number of rotatable bonds is 5. The largest absolute Gasteiger partial charge is 0.379 e. The van der Waals surface area contributed by atoms with E-state index in [1.54, 1.807) is 0 Å². The zero-order valence-electron chi connectivity index (χ0n) is 24.0. The molecule has 4 heterocycles. The number of halogens is 3. The third kappa shape index (κ3) is 6.90. The first-order valence-corrected chi connectivity index (χ1v) is 17.3. The summed E-state index contributed by atoms with van der Waals surface area (Å²) in [6.45, 7) is 6.62. The Hall–Kier alpha value is -1.52. The third-order valence-corrected chi connectivity index (χ3v) is 11.0. The number of likely N-dealkylation sites (tertiary alicyclic amines) is 2. The summed E-state index contributed by atoms with van der Waals surface area (Å²) in [4.78, 5) is 37.4. The van der Waals surface area contributed by atoms with Crippen LogP contribution in [0, 0.1) is 11.8 Å². The summed E-state index contributed by atoms with van der Waals surface area (Å²) in [6, 6.07) is 6.35. The number of nitrogens with zero attached hydrogens (tertiary/aromatic N) is 4. The summed E-state index contributed by atoms with van der Waals surface area (Å²) in [6.07, 6.45) is 8.10. The van der Waals surface area contributed by atoms with E-state index in [4.69, 9.17) is 21.3 Å². The second-order valence-corrected chi connectivity index (χ2v) is 14.5. The third-order valence-electron chi connectivity index (χ3n) is 9.67. The van der Waals surface area contributed by atoms with E-state index >= 15 is 0 Å². The van der Waals surface area contributed by atoms with Crippen LogP contribution in [-0.4, -0.2) is 90.5 Å². The first-order chi connectivity index (χ1) is 20.4. The number of pyridine rings is 1. The van der Waals surface area contributed by atoms with Gasteiger partial charge in [0.05, 0.1) is 25.5 Å². The van der Waals surface area contributed by atoms with Crippen LogP contribution in [0.2, 0.25) is 5.02 Å². The molecule has 7 nitrogen and oxygen atoms in total. The highest BCUT2D eigenvalue weighted by Gasteiger charge is 2.37. The lowest BCUT2D eigenvalue weighted by molar-refractivity contribution is -0.136. The monoisotopic (exact) mass is 720 g/mol. The molecule has 1 aromatic carbocycles. The normalized spacial score (nSPS) is 22.4. The molecule has 4 aliphatic rings. The zero-order valence-corrected chi connectivity index (χ0v) is 27.9. The number of morpholine rings is 1. The Kier molecular flexibility index (Phi) is 9.90. The maximum Gasteiger partial charge on any atom is 0.236 e. The molecule has 0 spiro atoms. The molecule has 0 radical (unpaired) electrons. The average Bonchev–Trinajstić information content (AvgIpc) is 3.15. The number of amides is 2. The Labute approximate surface area is 270 Å². The topological polar surface area (TPSA) is 66.0 Å². The molecule has 1 aliphatic carbocycles. The second kappa shape index (κ2) is 13.6. The van der Waals surface area contributed by atoms with Gasteiger partial charge in [0.2, 0.25) is 11.8 Å². The smallest absolute Gasteiger partial charge is 0.236 e. The summed E-state index contributed by atoms with van der Waals surface area (Å²) in [7, 11) is 0. The SMILES string of the molecule is O=C(CC1CCN(C(=O)CN2CCOCC2)CC1)N1CCC([C@H]2c3ncc(Br)cc3CCc3cc(Cl)cc(Br)c32)CC1. The fraction of sp³-hybridized carbons (Fsp3) is 0.594. The van der Waals surface area contributed by atoms with Crippen LogP contribution in [-0.2, 0) is 27.2 Å². The molecule has 10 heteroatoms. The van der Waals surface area contributed by atoms with Crippen molar-refractivity contribution >= 4 is 55.3 Å². The molecule has 0 bridgehead atoms. The van der Waals surface area contributed by atoms with E-state index < -0.39 is 0 Å². The summed E-state index contributed by atoms with van der Waals surface area (Å²) in [5.74, 6) is 1.40. The van der Waals surface area contributed by atoms with E-state index in [-0.39, 0.29) is 17.7 Å². The molecule has 0 unspecified atom stereocenters. The Morgan fingerprint density at radius 1 is 0.881 bits per heavy atom. The van der Waals surface area contributed by atoms with Gasteiger partial charge in [0.1, 0.15) is 0 Å². The Morgan fingerprint density at radius 2 is 1.55 bits per heavy atom. The van der Waals surface area contributed by atoms with Gasteiger partial charge < -0.3 is 14.5 Å². The van der Waals surface area contributed by atoms with Crippen molar-refractivity contribution < 1.29 is 14.3 Å². The molecule has 3 aliphatic heterocycles. The van der Waals surface area contributed by atoms with Crippen LogP contribution in [0.1, 0.15) is 60.4 Å². The highest BCUT2D eigenvalue weighted by Crippen LogP contribution is 2.46. The Balaban J connectivity index is 1.06. The van der Waals surface area contributed by atoms with Crippen LogP contribution < -0.4 is 0 Å². The van der Waals surface area contributed by atoms with Crippen LogP contribution in [0.25, 0.3) is 0 Å². The van der Waals surface area contributed by atoms with Gasteiger partial charge in [-0.3, -0.25) is 19.5 Å². The van der Waals surface area contributed by atoms with Gasteiger partial charge in [-0.25, -0.2) is 0 Å². The number of ether oxygens (including phenoxy) is 1. The number of hydrogen-bond acceptors (Lipinski definition) is 5.